The van der Waals surface area contributed by atoms with Gasteiger partial charge in [-0.15, -0.1) is 10.2 Å². The van der Waals surface area contributed by atoms with E-state index < -0.39 is 10.0 Å². The van der Waals surface area contributed by atoms with E-state index in [0.717, 1.165) is 11.3 Å². The number of methoxy groups -OCH3 is 1. The Bertz CT molecular complexity index is 1200. The second kappa shape index (κ2) is 6.69. The van der Waals surface area contributed by atoms with Crippen molar-refractivity contribution in [2.45, 2.75) is 4.90 Å². The lowest BCUT2D eigenvalue weighted by molar-refractivity contribution is 0.413. The van der Waals surface area contributed by atoms with Crippen molar-refractivity contribution in [3.8, 4) is 17.0 Å². The Labute approximate surface area is 155 Å². The highest BCUT2D eigenvalue weighted by molar-refractivity contribution is 7.92. The molecule has 0 aliphatic carbocycles. The molecule has 136 valence electrons. The van der Waals surface area contributed by atoms with Crippen molar-refractivity contribution in [1.29, 1.82) is 0 Å². The van der Waals surface area contributed by atoms with Gasteiger partial charge in [0.2, 0.25) is 0 Å². The highest BCUT2D eigenvalue weighted by Crippen LogP contribution is 2.23. The minimum Gasteiger partial charge on any atom is -0.497 e. The number of nitrogens with zero attached hydrogens (tertiary/aromatic N) is 4. The molecule has 0 amide bonds. The quantitative estimate of drug-likeness (QED) is 0.571. The molecule has 0 unspecified atom stereocenters. The second-order valence-corrected chi connectivity index (χ2v) is 7.40. The van der Waals surface area contributed by atoms with Crippen LogP contribution in [0.25, 0.3) is 16.9 Å². The van der Waals surface area contributed by atoms with Gasteiger partial charge in [-0.3, -0.25) is 4.72 Å². The van der Waals surface area contributed by atoms with Crippen molar-refractivity contribution in [2.75, 3.05) is 11.8 Å². The number of benzene rings is 2. The fourth-order valence-electron chi connectivity index (χ4n) is 2.57. The van der Waals surface area contributed by atoms with Crippen molar-refractivity contribution in [3.05, 3.63) is 67.0 Å². The number of hydrogen-bond donors (Lipinski definition) is 1. The van der Waals surface area contributed by atoms with E-state index in [1.54, 1.807) is 40.9 Å². The molecule has 0 saturated carbocycles. The molecule has 0 radical (unpaired) electrons. The lowest BCUT2D eigenvalue weighted by Crippen LogP contribution is -2.12. The van der Waals surface area contributed by atoms with Crippen LogP contribution in [0, 0.1) is 0 Å². The van der Waals surface area contributed by atoms with Gasteiger partial charge in [-0.05, 0) is 36.4 Å². The van der Waals surface area contributed by atoms with Gasteiger partial charge in [0, 0.05) is 17.3 Å². The lowest BCUT2D eigenvalue weighted by atomic mass is 10.1. The minimum absolute atomic E-state index is 0.130. The Hall–Kier alpha value is -3.46. The molecule has 4 rings (SSSR count). The van der Waals surface area contributed by atoms with Crippen LogP contribution >= 0.6 is 0 Å². The van der Waals surface area contributed by atoms with Crippen LogP contribution < -0.4 is 9.46 Å². The standard InChI is InChI=1S/C18H15N5O3S/c1-26-15-3-2-4-16(11-15)27(24,25)22-14-7-5-13(6-8-14)17-9-10-18-20-19-12-23(18)21-17/h2-12,22H,1H3. The van der Waals surface area contributed by atoms with Crippen LogP contribution in [0.3, 0.4) is 0 Å². The molecule has 27 heavy (non-hydrogen) atoms. The molecule has 0 aliphatic rings. The maximum absolute atomic E-state index is 12.5. The van der Waals surface area contributed by atoms with E-state index in [4.69, 9.17) is 4.74 Å². The van der Waals surface area contributed by atoms with Crippen LogP contribution in [-0.2, 0) is 10.0 Å². The summed E-state index contributed by atoms with van der Waals surface area (Å²) in [7, 11) is -2.22. The van der Waals surface area contributed by atoms with Crippen molar-refractivity contribution in [2.24, 2.45) is 0 Å². The molecule has 0 aliphatic heterocycles. The van der Waals surface area contributed by atoms with Gasteiger partial charge in [-0.1, -0.05) is 18.2 Å². The third kappa shape index (κ3) is 3.44. The number of ether oxygens (including phenoxy) is 1. The average Bonchev–Trinajstić information content (AvgIpc) is 3.16. The van der Waals surface area contributed by atoms with Crippen LogP contribution in [0.15, 0.2) is 71.9 Å². The number of fused-ring (bicyclic) bond motifs is 1. The highest BCUT2D eigenvalue weighted by atomic mass is 32.2. The topological polar surface area (TPSA) is 98.5 Å². The Morgan fingerprint density at radius 1 is 1.04 bits per heavy atom. The van der Waals surface area contributed by atoms with E-state index in [9.17, 15) is 8.42 Å². The summed E-state index contributed by atoms with van der Waals surface area (Å²) < 4.78 is 34.3. The molecule has 0 saturated heterocycles. The SMILES string of the molecule is COc1cccc(S(=O)(=O)Nc2ccc(-c3ccc4nncn4n3)cc2)c1. The zero-order chi connectivity index (χ0) is 18.9. The molecule has 8 nitrogen and oxygen atoms in total. The van der Waals surface area contributed by atoms with Crippen molar-refractivity contribution < 1.29 is 13.2 Å². The maximum atomic E-state index is 12.5. The molecule has 0 spiro atoms. The van der Waals surface area contributed by atoms with Crippen molar-refractivity contribution in [3.63, 3.8) is 0 Å². The summed E-state index contributed by atoms with van der Waals surface area (Å²) in [4.78, 5) is 0.130. The fraction of sp³-hybridized carbons (Fsp3) is 0.0556. The van der Waals surface area contributed by atoms with Crippen LogP contribution in [0.4, 0.5) is 5.69 Å². The van der Waals surface area contributed by atoms with Gasteiger partial charge in [-0.2, -0.15) is 9.61 Å². The van der Waals surface area contributed by atoms with Gasteiger partial charge in [-0.25, -0.2) is 8.42 Å². The zero-order valence-corrected chi connectivity index (χ0v) is 15.1. The summed E-state index contributed by atoms with van der Waals surface area (Å²) >= 11 is 0. The van der Waals surface area contributed by atoms with Crippen LogP contribution in [0.2, 0.25) is 0 Å². The van der Waals surface area contributed by atoms with E-state index in [1.165, 1.54) is 25.6 Å². The first-order chi connectivity index (χ1) is 13.0. The lowest BCUT2D eigenvalue weighted by Gasteiger charge is -2.10. The zero-order valence-electron chi connectivity index (χ0n) is 14.3. The molecular formula is C18H15N5O3S. The van der Waals surface area contributed by atoms with Gasteiger partial charge < -0.3 is 4.74 Å². The first kappa shape index (κ1) is 17.0. The van der Waals surface area contributed by atoms with E-state index in [-0.39, 0.29) is 4.90 Å². The van der Waals surface area contributed by atoms with E-state index in [2.05, 4.69) is 20.0 Å². The monoisotopic (exact) mass is 381 g/mol. The van der Waals surface area contributed by atoms with Crippen molar-refractivity contribution in [1.82, 2.24) is 19.8 Å². The van der Waals surface area contributed by atoms with Crippen LogP contribution in [0.5, 0.6) is 5.75 Å². The molecule has 1 N–H and O–H groups in total. The van der Waals surface area contributed by atoms with Gasteiger partial charge in [0.1, 0.15) is 12.1 Å². The highest BCUT2D eigenvalue weighted by Gasteiger charge is 2.15. The maximum Gasteiger partial charge on any atom is 0.262 e. The molecule has 0 bridgehead atoms. The number of rotatable bonds is 5. The average molecular weight is 381 g/mol. The Morgan fingerprint density at radius 2 is 1.85 bits per heavy atom. The van der Waals surface area contributed by atoms with Crippen molar-refractivity contribution >= 4 is 21.4 Å². The summed E-state index contributed by atoms with van der Waals surface area (Å²) in [5.74, 6) is 0.476. The molecule has 2 aromatic carbocycles. The number of nitrogens with one attached hydrogen (secondary N) is 1. The predicted molar refractivity (Wildman–Crippen MR) is 100 cm³/mol. The predicted octanol–water partition coefficient (Wildman–Crippen LogP) is 2.60. The fourth-order valence-corrected chi connectivity index (χ4v) is 3.67. The van der Waals surface area contributed by atoms with Gasteiger partial charge in [0.15, 0.2) is 5.65 Å². The van der Waals surface area contributed by atoms with Gasteiger partial charge in [0.05, 0.1) is 17.7 Å². The number of hydrogen-bond acceptors (Lipinski definition) is 6. The first-order valence-electron chi connectivity index (χ1n) is 7.99. The third-order valence-electron chi connectivity index (χ3n) is 3.95. The summed E-state index contributed by atoms with van der Waals surface area (Å²) in [6.07, 6.45) is 1.52. The number of sulfonamides is 1. The smallest absolute Gasteiger partial charge is 0.262 e. The molecule has 2 aromatic heterocycles. The van der Waals surface area contributed by atoms with Gasteiger partial charge >= 0.3 is 0 Å². The normalized spacial score (nSPS) is 11.4. The molecule has 0 fully saturated rings. The summed E-state index contributed by atoms with van der Waals surface area (Å²) in [6, 6.07) is 16.9. The summed E-state index contributed by atoms with van der Waals surface area (Å²) in [5.41, 5.74) is 2.67. The Balaban J connectivity index is 1.58. The third-order valence-corrected chi connectivity index (χ3v) is 5.33. The van der Waals surface area contributed by atoms with E-state index >= 15 is 0 Å². The Kier molecular flexibility index (Phi) is 4.21. The number of aromatic nitrogens is 4. The first-order valence-corrected chi connectivity index (χ1v) is 9.48. The molecule has 9 heteroatoms. The molecule has 0 atom stereocenters. The second-order valence-electron chi connectivity index (χ2n) is 5.71. The van der Waals surface area contributed by atoms with Crippen LogP contribution in [0.1, 0.15) is 0 Å². The summed E-state index contributed by atoms with van der Waals surface area (Å²) in [5, 5.41) is 12.1. The van der Waals surface area contributed by atoms with Crippen LogP contribution in [-0.4, -0.2) is 35.3 Å². The molecule has 2 heterocycles. The molecular weight excluding hydrogens is 366 g/mol. The number of anilines is 1. The Morgan fingerprint density at radius 3 is 2.63 bits per heavy atom. The van der Waals surface area contributed by atoms with E-state index in [0.29, 0.717) is 17.1 Å². The summed E-state index contributed by atoms with van der Waals surface area (Å²) in [6.45, 7) is 0. The minimum atomic E-state index is -3.71. The van der Waals surface area contributed by atoms with Gasteiger partial charge in [0.25, 0.3) is 10.0 Å². The largest absolute Gasteiger partial charge is 0.497 e. The van der Waals surface area contributed by atoms with E-state index in [1.807, 2.05) is 12.1 Å². The molecule has 4 aromatic rings.